The lowest BCUT2D eigenvalue weighted by Crippen LogP contribution is -2.28. The average Bonchev–Trinajstić information content (AvgIpc) is 2.27. The number of benzene rings is 1. The third-order valence-corrected chi connectivity index (χ3v) is 2.35. The van der Waals surface area contributed by atoms with Crippen LogP contribution in [0.3, 0.4) is 0 Å². The van der Waals surface area contributed by atoms with E-state index in [1.165, 1.54) is 23.1 Å². The van der Waals surface area contributed by atoms with Crippen molar-refractivity contribution in [3.8, 4) is 0 Å². The van der Waals surface area contributed by atoms with E-state index in [9.17, 15) is 14.9 Å². The van der Waals surface area contributed by atoms with Crippen molar-refractivity contribution in [3.63, 3.8) is 0 Å². The van der Waals surface area contributed by atoms with E-state index >= 15 is 0 Å². The Bertz CT molecular complexity index is 446. The van der Waals surface area contributed by atoms with Crippen LogP contribution in [0.2, 0.25) is 0 Å². The van der Waals surface area contributed by atoms with Gasteiger partial charge in [0.15, 0.2) is 0 Å². The monoisotopic (exact) mass is 237 g/mol. The van der Waals surface area contributed by atoms with E-state index in [2.05, 4.69) is 0 Å². The van der Waals surface area contributed by atoms with E-state index in [1.807, 2.05) is 6.92 Å². The molecule has 0 aliphatic rings. The highest BCUT2D eigenvalue weighted by atomic mass is 16.6. The molecule has 1 rings (SSSR count). The highest BCUT2D eigenvalue weighted by Gasteiger charge is 2.22. The first kappa shape index (κ1) is 13.0. The van der Waals surface area contributed by atoms with Crippen molar-refractivity contribution < 1.29 is 9.72 Å². The van der Waals surface area contributed by atoms with E-state index < -0.39 is 4.92 Å². The Hall–Kier alpha value is -2.11. The van der Waals surface area contributed by atoms with Crippen LogP contribution in [-0.2, 0) is 0 Å². The minimum Gasteiger partial charge on any atom is -0.399 e. The molecule has 0 saturated heterocycles. The molecule has 6 nitrogen and oxygen atoms in total. The summed E-state index contributed by atoms with van der Waals surface area (Å²) in [6, 6.07) is 4.00. The lowest BCUT2D eigenvalue weighted by atomic mass is 10.1. The van der Waals surface area contributed by atoms with E-state index in [4.69, 9.17) is 5.73 Å². The Kier molecular flexibility index (Phi) is 4.03. The molecule has 6 heteroatoms. The minimum atomic E-state index is -0.577. The second kappa shape index (κ2) is 5.29. The van der Waals surface area contributed by atoms with Gasteiger partial charge < -0.3 is 10.6 Å². The number of carbonyl (C=O) groups is 1. The molecular formula is C11H15N3O3. The topological polar surface area (TPSA) is 89.5 Å². The zero-order chi connectivity index (χ0) is 13.0. The second-order valence-electron chi connectivity index (χ2n) is 3.76. The van der Waals surface area contributed by atoms with Gasteiger partial charge in [-0.25, -0.2) is 0 Å². The van der Waals surface area contributed by atoms with Gasteiger partial charge in [0.2, 0.25) is 0 Å². The molecule has 0 radical (unpaired) electrons. The van der Waals surface area contributed by atoms with E-state index in [0.29, 0.717) is 12.2 Å². The number of hydrogen-bond donors (Lipinski definition) is 1. The maximum Gasteiger partial charge on any atom is 0.282 e. The van der Waals surface area contributed by atoms with Gasteiger partial charge in [0.05, 0.1) is 4.92 Å². The van der Waals surface area contributed by atoms with Gasteiger partial charge in [-0.05, 0) is 18.6 Å². The summed E-state index contributed by atoms with van der Waals surface area (Å²) in [5.41, 5.74) is 5.70. The number of anilines is 1. The fraction of sp³-hybridized carbons (Fsp3) is 0.364. The molecule has 17 heavy (non-hydrogen) atoms. The van der Waals surface area contributed by atoms with Crippen LogP contribution in [-0.4, -0.2) is 29.3 Å². The van der Waals surface area contributed by atoms with Crippen molar-refractivity contribution in [2.24, 2.45) is 0 Å². The average molecular weight is 237 g/mol. The van der Waals surface area contributed by atoms with Crippen molar-refractivity contribution in [2.45, 2.75) is 13.3 Å². The fourth-order valence-electron chi connectivity index (χ4n) is 1.53. The molecule has 1 aromatic rings. The molecule has 0 unspecified atom stereocenters. The van der Waals surface area contributed by atoms with Gasteiger partial charge in [-0.2, -0.15) is 0 Å². The Morgan fingerprint density at radius 2 is 2.18 bits per heavy atom. The highest BCUT2D eigenvalue weighted by Crippen LogP contribution is 2.22. The highest BCUT2D eigenvalue weighted by molar-refractivity contribution is 5.98. The molecule has 2 N–H and O–H groups in total. The second-order valence-corrected chi connectivity index (χ2v) is 3.76. The summed E-state index contributed by atoms with van der Waals surface area (Å²) in [5.74, 6) is -0.383. The van der Waals surface area contributed by atoms with E-state index in [-0.39, 0.29) is 17.2 Å². The van der Waals surface area contributed by atoms with Crippen LogP contribution < -0.4 is 5.73 Å². The van der Waals surface area contributed by atoms with Crippen LogP contribution in [0.25, 0.3) is 0 Å². The summed E-state index contributed by atoms with van der Waals surface area (Å²) in [7, 11) is 1.61. The maximum absolute atomic E-state index is 12.0. The van der Waals surface area contributed by atoms with Crippen molar-refractivity contribution in [2.75, 3.05) is 19.3 Å². The summed E-state index contributed by atoms with van der Waals surface area (Å²) in [6.45, 7) is 2.47. The third-order valence-electron chi connectivity index (χ3n) is 2.35. The van der Waals surface area contributed by atoms with Gasteiger partial charge in [0.25, 0.3) is 11.6 Å². The maximum atomic E-state index is 12.0. The quantitative estimate of drug-likeness (QED) is 0.490. The third kappa shape index (κ3) is 2.93. The number of nitro benzene ring substituents is 1. The molecule has 0 heterocycles. The number of rotatable bonds is 4. The Balaban J connectivity index is 3.15. The van der Waals surface area contributed by atoms with E-state index in [0.717, 1.165) is 6.42 Å². The van der Waals surface area contributed by atoms with E-state index in [1.54, 1.807) is 7.05 Å². The summed E-state index contributed by atoms with van der Waals surface area (Å²) in [5, 5.41) is 10.8. The van der Waals surface area contributed by atoms with Gasteiger partial charge >= 0.3 is 0 Å². The lowest BCUT2D eigenvalue weighted by Gasteiger charge is -2.16. The van der Waals surface area contributed by atoms with Gasteiger partial charge in [-0.15, -0.1) is 0 Å². The van der Waals surface area contributed by atoms with Gasteiger partial charge in [0, 0.05) is 25.3 Å². The predicted molar refractivity (Wildman–Crippen MR) is 64.8 cm³/mol. The van der Waals surface area contributed by atoms with Crippen LogP contribution >= 0.6 is 0 Å². The van der Waals surface area contributed by atoms with Gasteiger partial charge in [-0.1, -0.05) is 6.92 Å². The van der Waals surface area contributed by atoms with Crippen LogP contribution in [0.4, 0.5) is 11.4 Å². The Morgan fingerprint density at radius 3 is 2.71 bits per heavy atom. The van der Waals surface area contributed by atoms with Crippen molar-refractivity contribution in [1.29, 1.82) is 0 Å². The fourth-order valence-corrected chi connectivity index (χ4v) is 1.53. The number of nitrogen functional groups attached to an aromatic ring is 1. The van der Waals surface area contributed by atoms with Crippen LogP contribution in [0.1, 0.15) is 23.7 Å². The number of nitrogens with zero attached hydrogens (tertiary/aromatic N) is 2. The molecule has 0 aliphatic carbocycles. The van der Waals surface area contributed by atoms with Crippen LogP contribution in [0.5, 0.6) is 0 Å². The smallest absolute Gasteiger partial charge is 0.282 e. The van der Waals surface area contributed by atoms with Gasteiger partial charge in [0.1, 0.15) is 5.56 Å². The van der Waals surface area contributed by atoms with Gasteiger partial charge in [-0.3, -0.25) is 14.9 Å². The molecule has 0 aromatic heterocycles. The molecule has 0 fully saturated rings. The summed E-state index contributed by atoms with van der Waals surface area (Å²) >= 11 is 0. The Morgan fingerprint density at radius 1 is 1.53 bits per heavy atom. The molecule has 0 atom stereocenters. The molecule has 0 saturated carbocycles. The largest absolute Gasteiger partial charge is 0.399 e. The molecule has 1 aromatic carbocycles. The molecule has 0 spiro atoms. The van der Waals surface area contributed by atoms with Crippen molar-refractivity contribution in [1.82, 2.24) is 4.90 Å². The Labute approximate surface area is 99.2 Å². The van der Waals surface area contributed by atoms with Crippen molar-refractivity contribution in [3.05, 3.63) is 33.9 Å². The first-order valence-electron chi connectivity index (χ1n) is 5.26. The molecular weight excluding hydrogens is 222 g/mol. The number of nitro groups is 1. The summed E-state index contributed by atoms with van der Waals surface area (Å²) < 4.78 is 0. The zero-order valence-corrected chi connectivity index (χ0v) is 9.84. The number of carbonyl (C=O) groups excluding carboxylic acids is 1. The van der Waals surface area contributed by atoms with Crippen LogP contribution in [0.15, 0.2) is 18.2 Å². The standard InChI is InChI=1S/C11H15N3O3/c1-3-6-13(2)11(15)9-7-8(12)4-5-10(9)14(16)17/h4-5,7H,3,6,12H2,1-2H3. The minimum absolute atomic E-state index is 0.0333. The molecule has 1 amide bonds. The molecule has 92 valence electrons. The first-order chi connectivity index (χ1) is 7.97. The zero-order valence-electron chi connectivity index (χ0n) is 9.84. The SMILES string of the molecule is CCCN(C)C(=O)c1cc(N)ccc1[N+](=O)[O-]. The lowest BCUT2D eigenvalue weighted by molar-refractivity contribution is -0.385. The normalized spacial score (nSPS) is 10.0. The number of hydrogen-bond acceptors (Lipinski definition) is 4. The molecule has 0 aliphatic heterocycles. The van der Waals surface area contributed by atoms with Crippen molar-refractivity contribution >= 4 is 17.3 Å². The number of nitrogens with two attached hydrogens (primary N) is 1. The first-order valence-corrected chi connectivity index (χ1v) is 5.26. The summed E-state index contributed by atoms with van der Waals surface area (Å²) in [4.78, 5) is 23.7. The van der Waals surface area contributed by atoms with Crippen LogP contribution in [0, 0.1) is 10.1 Å². The predicted octanol–water partition coefficient (Wildman–Crippen LogP) is 1.66. The summed E-state index contributed by atoms with van der Waals surface area (Å²) in [6.07, 6.45) is 0.790. The number of amides is 1. The molecule has 0 bridgehead atoms.